The molecule has 12 heavy (non-hydrogen) atoms. The highest BCUT2D eigenvalue weighted by atomic mass is 19.1. The Morgan fingerprint density at radius 1 is 1.50 bits per heavy atom. The third-order valence-electron chi connectivity index (χ3n) is 1.62. The third-order valence-corrected chi connectivity index (χ3v) is 1.62. The van der Waals surface area contributed by atoms with E-state index in [1.54, 1.807) is 18.2 Å². The summed E-state index contributed by atoms with van der Waals surface area (Å²) in [5, 5.41) is 8.34. The van der Waals surface area contributed by atoms with Crippen LogP contribution in [0.3, 0.4) is 0 Å². The van der Waals surface area contributed by atoms with Crippen molar-refractivity contribution in [3.05, 3.63) is 35.6 Å². The zero-order valence-corrected chi connectivity index (χ0v) is 6.50. The summed E-state index contributed by atoms with van der Waals surface area (Å²) in [5.41, 5.74) is 5.95. The number of hydrogen-bond donors (Lipinski definition) is 1. The van der Waals surface area contributed by atoms with Crippen LogP contribution in [0.4, 0.5) is 4.39 Å². The van der Waals surface area contributed by atoms with Gasteiger partial charge in [-0.05, 0) is 6.07 Å². The van der Waals surface area contributed by atoms with Gasteiger partial charge in [0.15, 0.2) is 0 Å². The lowest BCUT2D eigenvalue weighted by molar-refractivity contribution is 0.585. The van der Waals surface area contributed by atoms with Gasteiger partial charge in [-0.15, -0.1) is 0 Å². The Hall–Kier alpha value is -1.40. The van der Waals surface area contributed by atoms with E-state index >= 15 is 0 Å². The Bertz CT molecular complexity index is 304. The van der Waals surface area contributed by atoms with E-state index in [4.69, 9.17) is 11.0 Å². The zero-order valence-electron chi connectivity index (χ0n) is 6.50. The van der Waals surface area contributed by atoms with Gasteiger partial charge in [-0.25, -0.2) is 4.39 Å². The van der Waals surface area contributed by atoms with Gasteiger partial charge in [0, 0.05) is 11.6 Å². The second-order valence-corrected chi connectivity index (χ2v) is 2.49. The molecule has 2 N–H and O–H groups in total. The fraction of sp³-hybridized carbons (Fsp3) is 0.222. The van der Waals surface area contributed by atoms with Crippen molar-refractivity contribution in [2.24, 2.45) is 5.73 Å². The molecule has 0 fully saturated rings. The number of nitrogens with two attached hydrogens (primary N) is 1. The molecule has 0 saturated heterocycles. The molecule has 3 heteroatoms. The van der Waals surface area contributed by atoms with Gasteiger partial charge >= 0.3 is 0 Å². The highest BCUT2D eigenvalue weighted by Crippen LogP contribution is 2.16. The molecule has 0 aliphatic heterocycles. The van der Waals surface area contributed by atoms with Gasteiger partial charge in [-0.1, -0.05) is 18.2 Å². The molecule has 1 rings (SSSR count). The predicted octanol–water partition coefficient (Wildman–Crippen LogP) is 1.74. The molecule has 2 nitrogen and oxygen atoms in total. The monoisotopic (exact) mass is 164 g/mol. The van der Waals surface area contributed by atoms with E-state index in [9.17, 15) is 4.39 Å². The largest absolute Gasteiger partial charge is 0.323 e. The van der Waals surface area contributed by atoms with Gasteiger partial charge in [0.1, 0.15) is 5.82 Å². The van der Waals surface area contributed by atoms with Gasteiger partial charge in [-0.2, -0.15) is 5.26 Å². The molecule has 0 heterocycles. The molecule has 0 amide bonds. The number of halogens is 1. The molecule has 0 unspecified atom stereocenters. The van der Waals surface area contributed by atoms with Crippen LogP contribution < -0.4 is 5.73 Å². The Morgan fingerprint density at radius 2 is 2.17 bits per heavy atom. The maximum atomic E-state index is 13.0. The average molecular weight is 164 g/mol. The van der Waals surface area contributed by atoms with Gasteiger partial charge in [0.05, 0.1) is 12.5 Å². The molecule has 62 valence electrons. The predicted molar refractivity (Wildman–Crippen MR) is 43.6 cm³/mol. The van der Waals surface area contributed by atoms with E-state index < -0.39 is 6.04 Å². The summed E-state index contributed by atoms with van der Waals surface area (Å²) in [6.45, 7) is 0. The second kappa shape index (κ2) is 3.84. The molecule has 0 aromatic heterocycles. The first-order valence-electron chi connectivity index (χ1n) is 3.62. The molecule has 0 aliphatic carbocycles. The third kappa shape index (κ3) is 1.80. The molecular formula is C9H9FN2. The standard InChI is InChI=1S/C9H9FN2/c10-8-4-2-1-3-7(8)9(12)5-6-11/h1-4,9H,5,12H2/t9-/m0/s1. The lowest BCUT2D eigenvalue weighted by Gasteiger charge is -2.07. The highest BCUT2D eigenvalue weighted by Gasteiger charge is 2.08. The lowest BCUT2D eigenvalue weighted by Crippen LogP contribution is -2.10. The van der Waals surface area contributed by atoms with E-state index in [0.29, 0.717) is 5.56 Å². The van der Waals surface area contributed by atoms with E-state index in [2.05, 4.69) is 0 Å². The van der Waals surface area contributed by atoms with Crippen molar-refractivity contribution in [1.29, 1.82) is 5.26 Å². The van der Waals surface area contributed by atoms with Crippen molar-refractivity contribution in [1.82, 2.24) is 0 Å². The first kappa shape index (κ1) is 8.69. The first-order valence-corrected chi connectivity index (χ1v) is 3.62. The van der Waals surface area contributed by atoms with Gasteiger partial charge in [0.2, 0.25) is 0 Å². The van der Waals surface area contributed by atoms with Crippen molar-refractivity contribution < 1.29 is 4.39 Å². The normalized spacial score (nSPS) is 12.1. The Balaban J connectivity index is 2.88. The number of benzene rings is 1. The summed E-state index contributed by atoms with van der Waals surface area (Å²) < 4.78 is 13.0. The van der Waals surface area contributed by atoms with Gasteiger partial charge < -0.3 is 5.73 Å². The van der Waals surface area contributed by atoms with Crippen LogP contribution in [0.5, 0.6) is 0 Å². The van der Waals surface area contributed by atoms with Crippen molar-refractivity contribution in [2.45, 2.75) is 12.5 Å². The minimum absolute atomic E-state index is 0.140. The summed E-state index contributed by atoms with van der Waals surface area (Å²) in [7, 11) is 0. The minimum Gasteiger partial charge on any atom is -0.323 e. The first-order chi connectivity index (χ1) is 5.75. The van der Waals surface area contributed by atoms with Crippen LogP contribution in [0.2, 0.25) is 0 Å². The quantitative estimate of drug-likeness (QED) is 0.723. The molecule has 0 saturated carbocycles. The van der Waals surface area contributed by atoms with Gasteiger partial charge in [0.25, 0.3) is 0 Å². The molecule has 0 bridgehead atoms. The molecule has 0 aliphatic rings. The topological polar surface area (TPSA) is 49.8 Å². The molecule has 1 aromatic rings. The van der Waals surface area contributed by atoms with Crippen molar-refractivity contribution in [3.63, 3.8) is 0 Å². The van der Waals surface area contributed by atoms with Crippen LogP contribution in [0.1, 0.15) is 18.0 Å². The average Bonchev–Trinajstić information content (AvgIpc) is 2.05. The summed E-state index contributed by atoms with van der Waals surface area (Å²) in [5.74, 6) is -0.347. The van der Waals surface area contributed by atoms with Gasteiger partial charge in [-0.3, -0.25) is 0 Å². The maximum absolute atomic E-state index is 13.0. The Kier molecular flexibility index (Phi) is 2.78. The van der Waals surface area contributed by atoms with Crippen molar-refractivity contribution in [2.75, 3.05) is 0 Å². The number of hydrogen-bond acceptors (Lipinski definition) is 2. The van der Waals surface area contributed by atoms with Crippen LogP contribution in [-0.4, -0.2) is 0 Å². The number of rotatable bonds is 2. The van der Waals surface area contributed by atoms with Crippen molar-refractivity contribution in [3.8, 4) is 6.07 Å². The Morgan fingerprint density at radius 3 is 2.75 bits per heavy atom. The number of nitriles is 1. The SMILES string of the molecule is N#CC[C@H](N)c1ccccc1F. The van der Waals surface area contributed by atoms with Crippen LogP contribution in [0.15, 0.2) is 24.3 Å². The molecule has 1 aromatic carbocycles. The highest BCUT2D eigenvalue weighted by molar-refractivity contribution is 5.21. The smallest absolute Gasteiger partial charge is 0.128 e. The Labute approximate surface area is 70.4 Å². The van der Waals surface area contributed by atoms with E-state index in [0.717, 1.165) is 0 Å². The van der Waals surface area contributed by atoms with E-state index in [1.807, 2.05) is 6.07 Å². The molecule has 0 spiro atoms. The lowest BCUT2D eigenvalue weighted by atomic mass is 10.1. The second-order valence-electron chi connectivity index (χ2n) is 2.49. The summed E-state index contributed by atoms with van der Waals surface area (Å²) >= 11 is 0. The minimum atomic E-state index is -0.517. The number of nitrogens with zero attached hydrogens (tertiary/aromatic N) is 1. The van der Waals surface area contributed by atoms with Crippen LogP contribution >= 0.6 is 0 Å². The van der Waals surface area contributed by atoms with Crippen molar-refractivity contribution >= 4 is 0 Å². The van der Waals surface area contributed by atoms with Crippen LogP contribution in [0.25, 0.3) is 0 Å². The zero-order chi connectivity index (χ0) is 8.97. The van der Waals surface area contributed by atoms with E-state index in [1.165, 1.54) is 6.07 Å². The molecule has 0 radical (unpaired) electrons. The fourth-order valence-corrected chi connectivity index (χ4v) is 0.984. The van der Waals surface area contributed by atoms with Crippen LogP contribution in [-0.2, 0) is 0 Å². The summed E-state index contributed by atoms with van der Waals surface area (Å²) in [6.07, 6.45) is 0.140. The van der Waals surface area contributed by atoms with E-state index in [-0.39, 0.29) is 12.2 Å². The molecule has 1 atom stereocenters. The maximum Gasteiger partial charge on any atom is 0.128 e. The summed E-state index contributed by atoms with van der Waals surface area (Å²) in [6, 6.07) is 7.62. The summed E-state index contributed by atoms with van der Waals surface area (Å²) in [4.78, 5) is 0. The molecular weight excluding hydrogens is 155 g/mol. The van der Waals surface area contributed by atoms with Crippen LogP contribution in [0, 0.1) is 17.1 Å². The fourth-order valence-electron chi connectivity index (χ4n) is 0.984.